The molecule has 0 bridgehead atoms. The number of benzene rings is 1. The second-order valence-electron chi connectivity index (χ2n) is 3.83. The lowest BCUT2D eigenvalue weighted by atomic mass is 10.1. The third-order valence-corrected chi connectivity index (χ3v) is 2.75. The van der Waals surface area contributed by atoms with Crippen LogP contribution in [0.1, 0.15) is 18.4 Å². The van der Waals surface area contributed by atoms with Crippen LogP contribution in [-0.4, -0.2) is 20.3 Å². The zero-order valence-electron chi connectivity index (χ0n) is 9.88. The van der Waals surface area contributed by atoms with Gasteiger partial charge in [0.1, 0.15) is 5.82 Å². The number of halogens is 2. The second-order valence-corrected chi connectivity index (χ2v) is 4.75. The first-order valence-corrected chi connectivity index (χ1v) is 6.29. The Morgan fingerprint density at radius 2 is 2.24 bits per heavy atom. The van der Waals surface area contributed by atoms with Gasteiger partial charge >= 0.3 is 0 Å². The van der Waals surface area contributed by atoms with Crippen molar-refractivity contribution in [3.8, 4) is 0 Å². The summed E-state index contributed by atoms with van der Waals surface area (Å²) in [5, 5.41) is 0. The lowest BCUT2D eigenvalue weighted by Gasteiger charge is -2.06. The number of ether oxygens (including phenoxy) is 1. The molecule has 1 rings (SSSR count). The van der Waals surface area contributed by atoms with Gasteiger partial charge in [-0.25, -0.2) is 4.39 Å². The summed E-state index contributed by atoms with van der Waals surface area (Å²) < 4.78 is 19.1. The summed E-state index contributed by atoms with van der Waals surface area (Å²) in [6, 6.07) is 4.82. The second kappa shape index (κ2) is 7.58. The molecule has 0 heterocycles. The predicted molar refractivity (Wildman–Crippen MR) is 72.2 cm³/mol. The predicted octanol–water partition coefficient (Wildman–Crippen LogP) is 3.36. The fourth-order valence-electron chi connectivity index (χ4n) is 1.59. The molecule has 0 spiro atoms. The molecular weight excluding hydrogens is 285 g/mol. The standard InChI is InChI=1S/C13H17BrFNO/c1-17-9-10(3-2-4-16)5-11-6-12(14)8-13(15)7-11/h5-8H,2-4,9,16H2,1H3/b10-5+. The highest BCUT2D eigenvalue weighted by Gasteiger charge is 2.00. The molecule has 2 N–H and O–H groups in total. The van der Waals surface area contributed by atoms with Crippen LogP contribution in [0, 0.1) is 5.82 Å². The van der Waals surface area contributed by atoms with Crippen molar-refractivity contribution in [3.05, 3.63) is 39.6 Å². The zero-order chi connectivity index (χ0) is 12.7. The van der Waals surface area contributed by atoms with Gasteiger partial charge in [-0.3, -0.25) is 0 Å². The molecule has 1 aromatic rings. The van der Waals surface area contributed by atoms with Gasteiger partial charge in [-0.15, -0.1) is 0 Å². The third kappa shape index (κ3) is 5.44. The van der Waals surface area contributed by atoms with Crippen LogP contribution >= 0.6 is 15.9 Å². The van der Waals surface area contributed by atoms with Gasteiger partial charge in [-0.05, 0) is 48.7 Å². The smallest absolute Gasteiger partial charge is 0.124 e. The Labute approximate surface area is 110 Å². The van der Waals surface area contributed by atoms with E-state index in [1.807, 2.05) is 12.1 Å². The monoisotopic (exact) mass is 301 g/mol. The molecule has 17 heavy (non-hydrogen) atoms. The molecule has 0 amide bonds. The quantitative estimate of drug-likeness (QED) is 0.874. The van der Waals surface area contributed by atoms with E-state index in [0.29, 0.717) is 13.2 Å². The summed E-state index contributed by atoms with van der Waals surface area (Å²) in [6.07, 6.45) is 3.73. The van der Waals surface area contributed by atoms with E-state index in [1.165, 1.54) is 12.1 Å². The van der Waals surface area contributed by atoms with E-state index in [-0.39, 0.29) is 5.82 Å². The van der Waals surface area contributed by atoms with Crippen LogP contribution < -0.4 is 5.73 Å². The summed E-state index contributed by atoms with van der Waals surface area (Å²) in [7, 11) is 1.65. The Kier molecular flexibility index (Phi) is 6.40. The van der Waals surface area contributed by atoms with Crippen molar-refractivity contribution in [2.45, 2.75) is 12.8 Å². The van der Waals surface area contributed by atoms with Gasteiger partial charge in [0.25, 0.3) is 0 Å². The Bertz CT molecular complexity index is 373. The molecule has 0 unspecified atom stereocenters. The summed E-state index contributed by atoms with van der Waals surface area (Å²) in [4.78, 5) is 0. The van der Waals surface area contributed by atoms with Gasteiger partial charge in [-0.2, -0.15) is 0 Å². The zero-order valence-corrected chi connectivity index (χ0v) is 11.5. The molecule has 94 valence electrons. The van der Waals surface area contributed by atoms with Crippen LogP contribution in [0.2, 0.25) is 0 Å². The average Bonchev–Trinajstić information content (AvgIpc) is 2.24. The van der Waals surface area contributed by atoms with Crippen molar-refractivity contribution in [2.24, 2.45) is 5.73 Å². The number of hydrogen-bond donors (Lipinski definition) is 1. The molecule has 0 saturated heterocycles. The SMILES string of the molecule is COC/C(=C/c1cc(F)cc(Br)c1)CCCN. The minimum Gasteiger partial charge on any atom is -0.380 e. The van der Waals surface area contributed by atoms with Crippen LogP contribution in [0.15, 0.2) is 28.2 Å². The van der Waals surface area contributed by atoms with Crippen molar-refractivity contribution in [3.63, 3.8) is 0 Å². The minimum absolute atomic E-state index is 0.249. The van der Waals surface area contributed by atoms with Crippen molar-refractivity contribution in [2.75, 3.05) is 20.3 Å². The Morgan fingerprint density at radius 1 is 1.47 bits per heavy atom. The van der Waals surface area contributed by atoms with Gasteiger partial charge in [0, 0.05) is 11.6 Å². The number of nitrogens with two attached hydrogens (primary N) is 1. The summed E-state index contributed by atoms with van der Waals surface area (Å²) in [5.74, 6) is -0.249. The largest absolute Gasteiger partial charge is 0.380 e. The molecule has 0 saturated carbocycles. The molecule has 0 aromatic heterocycles. The molecular formula is C13H17BrFNO. The maximum atomic E-state index is 13.2. The van der Waals surface area contributed by atoms with E-state index in [1.54, 1.807) is 7.11 Å². The maximum absolute atomic E-state index is 13.2. The van der Waals surface area contributed by atoms with Crippen molar-refractivity contribution in [1.29, 1.82) is 0 Å². The molecule has 4 heteroatoms. The topological polar surface area (TPSA) is 35.2 Å². The van der Waals surface area contributed by atoms with Crippen molar-refractivity contribution < 1.29 is 9.13 Å². The van der Waals surface area contributed by atoms with Crippen LogP contribution in [-0.2, 0) is 4.74 Å². The van der Waals surface area contributed by atoms with Gasteiger partial charge in [-0.1, -0.05) is 22.0 Å². The fourth-order valence-corrected chi connectivity index (χ4v) is 2.08. The lowest BCUT2D eigenvalue weighted by molar-refractivity contribution is 0.223. The summed E-state index contributed by atoms with van der Waals surface area (Å²) in [5.41, 5.74) is 7.43. The maximum Gasteiger partial charge on any atom is 0.124 e. The normalized spacial score (nSPS) is 11.9. The average molecular weight is 302 g/mol. The Hall–Kier alpha value is -0.710. The van der Waals surface area contributed by atoms with E-state index in [2.05, 4.69) is 15.9 Å². The molecule has 0 atom stereocenters. The lowest BCUT2D eigenvalue weighted by Crippen LogP contribution is -2.01. The van der Waals surface area contributed by atoms with E-state index in [9.17, 15) is 4.39 Å². The summed E-state index contributed by atoms with van der Waals surface area (Å²) >= 11 is 3.27. The number of hydrogen-bond acceptors (Lipinski definition) is 2. The molecule has 0 aliphatic rings. The van der Waals surface area contributed by atoms with E-state index >= 15 is 0 Å². The molecule has 0 aliphatic heterocycles. The van der Waals surface area contributed by atoms with Gasteiger partial charge in [0.05, 0.1) is 6.61 Å². The van der Waals surface area contributed by atoms with Crippen LogP contribution in [0.5, 0.6) is 0 Å². The first-order valence-electron chi connectivity index (χ1n) is 5.50. The molecule has 2 nitrogen and oxygen atoms in total. The fraction of sp³-hybridized carbons (Fsp3) is 0.385. The van der Waals surface area contributed by atoms with Gasteiger partial charge < -0.3 is 10.5 Å². The van der Waals surface area contributed by atoms with Crippen LogP contribution in [0.25, 0.3) is 6.08 Å². The van der Waals surface area contributed by atoms with Gasteiger partial charge in [0.2, 0.25) is 0 Å². The van der Waals surface area contributed by atoms with Crippen molar-refractivity contribution >= 4 is 22.0 Å². The number of methoxy groups -OCH3 is 1. The first kappa shape index (κ1) is 14.4. The summed E-state index contributed by atoms with van der Waals surface area (Å²) in [6.45, 7) is 1.20. The van der Waals surface area contributed by atoms with E-state index in [0.717, 1.165) is 28.5 Å². The highest BCUT2D eigenvalue weighted by molar-refractivity contribution is 9.10. The highest BCUT2D eigenvalue weighted by Crippen LogP contribution is 2.18. The molecule has 1 aromatic carbocycles. The minimum atomic E-state index is -0.249. The van der Waals surface area contributed by atoms with Crippen LogP contribution in [0.3, 0.4) is 0 Å². The van der Waals surface area contributed by atoms with Crippen molar-refractivity contribution in [1.82, 2.24) is 0 Å². The van der Waals surface area contributed by atoms with E-state index < -0.39 is 0 Å². The number of rotatable bonds is 6. The first-order chi connectivity index (χ1) is 8.15. The Morgan fingerprint density at radius 3 is 2.82 bits per heavy atom. The highest BCUT2D eigenvalue weighted by atomic mass is 79.9. The Balaban J connectivity index is 2.86. The third-order valence-electron chi connectivity index (χ3n) is 2.29. The van der Waals surface area contributed by atoms with Gasteiger partial charge in [0.15, 0.2) is 0 Å². The van der Waals surface area contributed by atoms with E-state index in [4.69, 9.17) is 10.5 Å². The molecule has 0 fully saturated rings. The van der Waals surface area contributed by atoms with Crippen LogP contribution in [0.4, 0.5) is 4.39 Å². The molecule has 0 aliphatic carbocycles. The molecule has 0 radical (unpaired) electrons.